The maximum atomic E-state index is 13.7. The van der Waals surface area contributed by atoms with Crippen LogP contribution in [0, 0.1) is 18.6 Å². The Morgan fingerprint density at radius 2 is 2.00 bits per heavy atom. The van der Waals surface area contributed by atoms with E-state index in [1.54, 1.807) is 6.92 Å². The third-order valence-corrected chi connectivity index (χ3v) is 3.75. The van der Waals surface area contributed by atoms with Crippen molar-refractivity contribution in [3.05, 3.63) is 34.9 Å². The fourth-order valence-electron chi connectivity index (χ4n) is 2.56. The summed E-state index contributed by atoms with van der Waals surface area (Å²) < 4.78 is 27.1. The zero-order valence-electron chi connectivity index (χ0n) is 10.9. The van der Waals surface area contributed by atoms with Gasteiger partial charge in [-0.2, -0.15) is 0 Å². The van der Waals surface area contributed by atoms with E-state index in [1.807, 2.05) is 0 Å². The van der Waals surface area contributed by atoms with Crippen LogP contribution in [0.5, 0.6) is 0 Å². The molecule has 1 atom stereocenters. The van der Waals surface area contributed by atoms with Crippen LogP contribution in [-0.2, 0) is 6.42 Å². The Labute approximate surface area is 108 Å². The Morgan fingerprint density at radius 3 is 2.83 bits per heavy atom. The molecule has 1 fully saturated rings. The van der Waals surface area contributed by atoms with E-state index in [1.165, 1.54) is 31.4 Å². The molecule has 100 valence electrons. The van der Waals surface area contributed by atoms with E-state index >= 15 is 0 Å². The molecule has 18 heavy (non-hydrogen) atoms. The zero-order chi connectivity index (χ0) is 13.0. The minimum atomic E-state index is -0.305. The third kappa shape index (κ3) is 3.52. The molecule has 1 aromatic carbocycles. The summed E-state index contributed by atoms with van der Waals surface area (Å²) in [7, 11) is 0. The van der Waals surface area contributed by atoms with Gasteiger partial charge in [-0.1, -0.05) is 12.8 Å². The smallest absolute Gasteiger partial charge is 0.126 e. The molecule has 1 heterocycles. The van der Waals surface area contributed by atoms with Crippen LogP contribution in [0.2, 0.25) is 0 Å². The first-order valence-electron chi connectivity index (χ1n) is 6.84. The SMILES string of the molecule is Cc1cc(F)c(CCC2CCCCCN2)cc1F. The van der Waals surface area contributed by atoms with Crippen molar-refractivity contribution >= 4 is 0 Å². The average molecular weight is 253 g/mol. The van der Waals surface area contributed by atoms with Gasteiger partial charge in [0.15, 0.2) is 0 Å². The van der Waals surface area contributed by atoms with E-state index in [9.17, 15) is 8.78 Å². The molecule has 0 radical (unpaired) electrons. The molecule has 0 bridgehead atoms. The number of nitrogens with one attached hydrogen (secondary N) is 1. The predicted molar refractivity (Wildman–Crippen MR) is 69.7 cm³/mol. The lowest BCUT2D eigenvalue weighted by Gasteiger charge is -2.16. The van der Waals surface area contributed by atoms with Crippen LogP contribution in [0.3, 0.4) is 0 Å². The van der Waals surface area contributed by atoms with Crippen molar-refractivity contribution in [3.63, 3.8) is 0 Å². The molecule has 0 amide bonds. The lowest BCUT2D eigenvalue weighted by molar-refractivity contribution is 0.471. The van der Waals surface area contributed by atoms with E-state index < -0.39 is 0 Å². The first-order chi connectivity index (χ1) is 8.66. The normalized spacial score (nSPS) is 20.7. The second kappa shape index (κ2) is 6.28. The Morgan fingerprint density at radius 1 is 1.17 bits per heavy atom. The molecule has 3 heteroatoms. The highest BCUT2D eigenvalue weighted by molar-refractivity contribution is 5.25. The van der Waals surface area contributed by atoms with Crippen LogP contribution >= 0.6 is 0 Å². The van der Waals surface area contributed by atoms with Crippen LogP contribution in [0.25, 0.3) is 0 Å². The summed E-state index contributed by atoms with van der Waals surface area (Å²) in [5.74, 6) is -0.581. The molecule has 1 aliphatic heterocycles. The summed E-state index contributed by atoms with van der Waals surface area (Å²) >= 11 is 0. The van der Waals surface area contributed by atoms with Gasteiger partial charge in [0.2, 0.25) is 0 Å². The van der Waals surface area contributed by atoms with E-state index in [-0.39, 0.29) is 11.6 Å². The van der Waals surface area contributed by atoms with Gasteiger partial charge in [0, 0.05) is 6.04 Å². The number of halogens is 2. The minimum Gasteiger partial charge on any atom is -0.314 e. The summed E-state index contributed by atoms with van der Waals surface area (Å²) in [6, 6.07) is 3.10. The minimum absolute atomic E-state index is 0.275. The van der Waals surface area contributed by atoms with Crippen molar-refractivity contribution in [3.8, 4) is 0 Å². The van der Waals surface area contributed by atoms with Crippen molar-refractivity contribution in [1.29, 1.82) is 0 Å². The quantitative estimate of drug-likeness (QED) is 0.865. The number of benzene rings is 1. The van der Waals surface area contributed by atoms with Crippen molar-refractivity contribution < 1.29 is 8.78 Å². The largest absolute Gasteiger partial charge is 0.314 e. The second-order valence-electron chi connectivity index (χ2n) is 5.23. The molecule has 1 N–H and O–H groups in total. The van der Waals surface area contributed by atoms with Crippen molar-refractivity contribution in [2.24, 2.45) is 0 Å². The van der Waals surface area contributed by atoms with Gasteiger partial charge in [-0.25, -0.2) is 8.78 Å². The maximum Gasteiger partial charge on any atom is 0.126 e. The summed E-state index contributed by atoms with van der Waals surface area (Å²) in [5, 5.41) is 3.48. The topological polar surface area (TPSA) is 12.0 Å². The molecule has 0 saturated carbocycles. The van der Waals surface area contributed by atoms with Crippen LogP contribution in [0.4, 0.5) is 8.78 Å². The van der Waals surface area contributed by atoms with Crippen LogP contribution in [0.1, 0.15) is 43.2 Å². The van der Waals surface area contributed by atoms with Gasteiger partial charge in [-0.3, -0.25) is 0 Å². The molecule has 1 aliphatic rings. The second-order valence-corrected chi connectivity index (χ2v) is 5.23. The molecular formula is C15H21F2N. The third-order valence-electron chi connectivity index (χ3n) is 3.75. The van der Waals surface area contributed by atoms with Crippen LogP contribution in [0.15, 0.2) is 12.1 Å². The number of rotatable bonds is 3. The first-order valence-corrected chi connectivity index (χ1v) is 6.84. The fraction of sp³-hybridized carbons (Fsp3) is 0.600. The summed E-state index contributed by atoms with van der Waals surface area (Å²) in [5.41, 5.74) is 0.882. The predicted octanol–water partition coefficient (Wildman–Crippen LogP) is 3.74. The fourth-order valence-corrected chi connectivity index (χ4v) is 2.56. The van der Waals surface area contributed by atoms with Crippen LogP contribution in [-0.4, -0.2) is 12.6 Å². The summed E-state index contributed by atoms with van der Waals surface area (Å²) in [4.78, 5) is 0. The zero-order valence-corrected chi connectivity index (χ0v) is 10.9. The molecule has 1 saturated heterocycles. The van der Waals surface area contributed by atoms with Gasteiger partial charge < -0.3 is 5.32 Å². The monoisotopic (exact) mass is 253 g/mol. The van der Waals surface area contributed by atoms with Crippen molar-refractivity contribution in [2.75, 3.05) is 6.54 Å². The Hall–Kier alpha value is -0.960. The Kier molecular flexibility index (Phi) is 4.70. The molecule has 1 nitrogen and oxygen atoms in total. The Balaban J connectivity index is 1.94. The van der Waals surface area contributed by atoms with Gasteiger partial charge in [-0.15, -0.1) is 0 Å². The first kappa shape index (κ1) is 13.5. The van der Waals surface area contributed by atoms with Gasteiger partial charge >= 0.3 is 0 Å². The molecule has 1 aromatic rings. The van der Waals surface area contributed by atoms with E-state index in [0.29, 0.717) is 23.6 Å². The van der Waals surface area contributed by atoms with Crippen molar-refractivity contribution in [1.82, 2.24) is 5.32 Å². The van der Waals surface area contributed by atoms with Gasteiger partial charge in [0.25, 0.3) is 0 Å². The average Bonchev–Trinajstić information content (AvgIpc) is 2.60. The van der Waals surface area contributed by atoms with Gasteiger partial charge in [0.05, 0.1) is 0 Å². The molecule has 0 spiro atoms. The molecule has 1 unspecified atom stereocenters. The Bertz CT molecular complexity index is 396. The highest BCUT2D eigenvalue weighted by Crippen LogP contribution is 2.18. The van der Waals surface area contributed by atoms with Crippen LogP contribution < -0.4 is 5.32 Å². The maximum absolute atomic E-state index is 13.7. The summed E-state index contributed by atoms with van der Waals surface area (Å²) in [6.07, 6.45) is 6.39. The lowest BCUT2D eigenvalue weighted by atomic mass is 10.0. The van der Waals surface area contributed by atoms with Crippen molar-refractivity contribution in [2.45, 2.75) is 51.5 Å². The lowest BCUT2D eigenvalue weighted by Crippen LogP contribution is -2.28. The molecule has 2 rings (SSSR count). The summed E-state index contributed by atoms with van der Waals surface area (Å²) in [6.45, 7) is 2.64. The van der Waals surface area contributed by atoms with E-state index in [0.717, 1.165) is 19.4 Å². The molecule has 0 aromatic heterocycles. The van der Waals surface area contributed by atoms with E-state index in [4.69, 9.17) is 0 Å². The van der Waals surface area contributed by atoms with Gasteiger partial charge in [-0.05, 0) is 62.4 Å². The highest BCUT2D eigenvalue weighted by Gasteiger charge is 2.13. The molecular weight excluding hydrogens is 232 g/mol. The molecule has 0 aliphatic carbocycles. The van der Waals surface area contributed by atoms with Gasteiger partial charge in [0.1, 0.15) is 11.6 Å². The number of hydrogen-bond donors (Lipinski definition) is 1. The highest BCUT2D eigenvalue weighted by atomic mass is 19.1. The number of aryl methyl sites for hydroxylation is 2. The van der Waals surface area contributed by atoms with E-state index in [2.05, 4.69) is 5.32 Å². The standard InChI is InChI=1S/C15H21F2N/c1-11-9-15(17)12(10-14(11)16)6-7-13-5-3-2-4-8-18-13/h9-10,13,18H,2-8H2,1H3. The number of hydrogen-bond acceptors (Lipinski definition) is 1.